The van der Waals surface area contributed by atoms with E-state index in [9.17, 15) is 9.90 Å². The standard InChI is InChI=1S/C14H26N2O2/c1-11-4-6-14(10-15,7-5-11)13(18)16-8-2-3-12(16)9-17/h11-12,17H,2-10,15H2,1H3. The molecule has 3 N–H and O–H groups in total. The molecule has 1 heterocycles. The fraction of sp³-hybridized carbons (Fsp3) is 0.929. The number of rotatable bonds is 3. The van der Waals surface area contributed by atoms with Crippen molar-refractivity contribution in [2.75, 3.05) is 19.7 Å². The second kappa shape index (κ2) is 5.57. The van der Waals surface area contributed by atoms with Crippen LogP contribution in [0, 0.1) is 11.3 Å². The molecule has 1 aliphatic heterocycles. The minimum atomic E-state index is -0.343. The van der Waals surface area contributed by atoms with E-state index in [1.807, 2.05) is 4.90 Å². The number of carbonyl (C=O) groups excluding carboxylic acids is 1. The maximum absolute atomic E-state index is 12.8. The fourth-order valence-corrected chi connectivity index (χ4v) is 3.42. The quantitative estimate of drug-likeness (QED) is 0.793. The zero-order chi connectivity index (χ0) is 13.2. The highest BCUT2D eigenvalue weighted by molar-refractivity contribution is 5.83. The van der Waals surface area contributed by atoms with Crippen LogP contribution in [-0.4, -0.2) is 41.7 Å². The van der Waals surface area contributed by atoms with Crippen molar-refractivity contribution in [2.45, 2.75) is 51.5 Å². The van der Waals surface area contributed by atoms with Crippen molar-refractivity contribution in [3.05, 3.63) is 0 Å². The largest absolute Gasteiger partial charge is 0.394 e. The second-order valence-electron chi connectivity index (χ2n) is 6.14. The highest BCUT2D eigenvalue weighted by atomic mass is 16.3. The highest BCUT2D eigenvalue weighted by Crippen LogP contribution is 2.40. The maximum atomic E-state index is 12.8. The van der Waals surface area contributed by atoms with E-state index in [0.717, 1.165) is 45.1 Å². The molecular formula is C14H26N2O2. The average Bonchev–Trinajstić information content (AvgIpc) is 2.87. The van der Waals surface area contributed by atoms with Crippen molar-refractivity contribution in [3.63, 3.8) is 0 Å². The minimum Gasteiger partial charge on any atom is -0.394 e. The molecule has 2 aliphatic rings. The lowest BCUT2D eigenvalue weighted by Gasteiger charge is -2.41. The molecule has 0 aromatic carbocycles. The first-order valence-electron chi connectivity index (χ1n) is 7.25. The van der Waals surface area contributed by atoms with Crippen LogP contribution in [0.5, 0.6) is 0 Å². The molecule has 0 aromatic rings. The maximum Gasteiger partial charge on any atom is 0.230 e. The van der Waals surface area contributed by atoms with Crippen molar-refractivity contribution < 1.29 is 9.90 Å². The second-order valence-corrected chi connectivity index (χ2v) is 6.14. The predicted octanol–water partition coefficient (Wildman–Crippen LogP) is 1.12. The van der Waals surface area contributed by atoms with Crippen molar-refractivity contribution in [2.24, 2.45) is 17.1 Å². The van der Waals surface area contributed by atoms with Gasteiger partial charge in [0.1, 0.15) is 0 Å². The molecule has 4 nitrogen and oxygen atoms in total. The smallest absolute Gasteiger partial charge is 0.230 e. The Morgan fingerprint density at radius 1 is 1.39 bits per heavy atom. The molecular weight excluding hydrogens is 228 g/mol. The summed E-state index contributed by atoms with van der Waals surface area (Å²) < 4.78 is 0. The summed E-state index contributed by atoms with van der Waals surface area (Å²) in [4.78, 5) is 14.7. The summed E-state index contributed by atoms with van der Waals surface area (Å²) in [5.74, 6) is 0.915. The lowest BCUT2D eigenvalue weighted by molar-refractivity contribution is -0.145. The third-order valence-corrected chi connectivity index (χ3v) is 4.92. The number of hydrogen-bond donors (Lipinski definition) is 2. The monoisotopic (exact) mass is 254 g/mol. The van der Waals surface area contributed by atoms with Crippen LogP contribution in [0.2, 0.25) is 0 Å². The number of amides is 1. The summed E-state index contributed by atoms with van der Waals surface area (Å²) in [5, 5.41) is 9.36. The average molecular weight is 254 g/mol. The van der Waals surface area contributed by atoms with E-state index >= 15 is 0 Å². The van der Waals surface area contributed by atoms with Crippen molar-refractivity contribution in [3.8, 4) is 0 Å². The number of hydrogen-bond acceptors (Lipinski definition) is 3. The van der Waals surface area contributed by atoms with Crippen LogP contribution in [0.3, 0.4) is 0 Å². The molecule has 2 rings (SSSR count). The van der Waals surface area contributed by atoms with Gasteiger partial charge in [-0.05, 0) is 44.4 Å². The highest BCUT2D eigenvalue weighted by Gasteiger charge is 2.44. The van der Waals surface area contributed by atoms with Gasteiger partial charge in [0.15, 0.2) is 0 Å². The Hall–Kier alpha value is -0.610. The third-order valence-electron chi connectivity index (χ3n) is 4.92. The van der Waals surface area contributed by atoms with E-state index in [-0.39, 0.29) is 24.0 Å². The van der Waals surface area contributed by atoms with Gasteiger partial charge in [-0.25, -0.2) is 0 Å². The third kappa shape index (κ3) is 2.41. The first-order valence-corrected chi connectivity index (χ1v) is 7.25. The lowest BCUT2D eigenvalue weighted by Crippen LogP contribution is -2.51. The van der Waals surface area contributed by atoms with Gasteiger partial charge < -0.3 is 15.7 Å². The molecule has 1 unspecified atom stereocenters. The van der Waals surface area contributed by atoms with Crippen LogP contribution in [0.4, 0.5) is 0 Å². The molecule has 1 saturated carbocycles. The van der Waals surface area contributed by atoms with Gasteiger partial charge in [-0.2, -0.15) is 0 Å². The Balaban J connectivity index is 2.10. The Bertz CT molecular complexity index is 298. The fourth-order valence-electron chi connectivity index (χ4n) is 3.42. The Morgan fingerprint density at radius 2 is 2.06 bits per heavy atom. The van der Waals surface area contributed by atoms with Gasteiger partial charge in [-0.1, -0.05) is 6.92 Å². The summed E-state index contributed by atoms with van der Waals surface area (Å²) in [5.41, 5.74) is 5.59. The first-order chi connectivity index (χ1) is 8.63. The Morgan fingerprint density at radius 3 is 2.61 bits per heavy atom. The lowest BCUT2D eigenvalue weighted by atomic mass is 9.70. The molecule has 0 radical (unpaired) electrons. The number of likely N-dealkylation sites (tertiary alicyclic amines) is 1. The van der Waals surface area contributed by atoms with E-state index in [4.69, 9.17) is 5.73 Å². The Kier molecular flexibility index (Phi) is 4.28. The van der Waals surface area contributed by atoms with Gasteiger partial charge in [-0.15, -0.1) is 0 Å². The summed E-state index contributed by atoms with van der Waals surface area (Å²) in [7, 11) is 0. The zero-order valence-electron chi connectivity index (χ0n) is 11.4. The van der Waals surface area contributed by atoms with E-state index < -0.39 is 0 Å². The number of nitrogens with zero attached hydrogens (tertiary/aromatic N) is 1. The van der Waals surface area contributed by atoms with E-state index in [1.165, 1.54) is 0 Å². The van der Waals surface area contributed by atoms with Gasteiger partial charge in [0, 0.05) is 13.1 Å². The SMILES string of the molecule is CC1CCC(CN)(C(=O)N2CCCC2CO)CC1. The topological polar surface area (TPSA) is 66.6 Å². The molecule has 1 atom stereocenters. The molecule has 1 amide bonds. The van der Waals surface area contributed by atoms with Crippen molar-refractivity contribution in [1.82, 2.24) is 4.90 Å². The van der Waals surface area contributed by atoms with E-state index in [0.29, 0.717) is 12.5 Å². The summed E-state index contributed by atoms with van der Waals surface area (Å²) >= 11 is 0. The normalized spacial score (nSPS) is 36.9. The van der Waals surface area contributed by atoms with Crippen molar-refractivity contribution >= 4 is 5.91 Å². The van der Waals surface area contributed by atoms with Gasteiger partial charge in [0.25, 0.3) is 0 Å². The molecule has 0 aromatic heterocycles. The summed E-state index contributed by atoms with van der Waals surface area (Å²) in [6.07, 6.45) is 5.96. The van der Waals surface area contributed by atoms with E-state index in [1.54, 1.807) is 0 Å². The first kappa shape index (κ1) is 13.8. The Labute approximate surface area is 110 Å². The number of carbonyl (C=O) groups is 1. The summed E-state index contributed by atoms with van der Waals surface area (Å²) in [6.45, 7) is 3.58. The predicted molar refractivity (Wildman–Crippen MR) is 70.9 cm³/mol. The zero-order valence-corrected chi connectivity index (χ0v) is 11.4. The van der Waals surface area contributed by atoms with Crippen LogP contribution in [0.15, 0.2) is 0 Å². The summed E-state index contributed by atoms with van der Waals surface area (Å²) in [6, 6.07) is 0.0280. The molecule has 4 heteroatoms. The molecule has 18 heavy (non-hydrogen) atoms. The molecule has 0 spiro atoms. The van der Waals surface area contributed by atoms with Crippen LogP contribution in [0.1, 0.15) is 45.4 Å². The number of aliphatic hydroxyl groups excluding tert-OH is 1. The van der Waals surface area contributed by atoms with Crippen LogP contribution in [0.25, 0.3) is 0 Å². The van der Waals surface area contributed by atoms with Crippen molar-refractivity contribution in [1.29, 1.82) is 0 Å². The number of nitrogens with two attached hydrogens (primary N) is 1. The number of aliphatic hydroxyl groups is 1. The molecule has 1 saturated heterocycles. The minimum absolute atomic E-state index is 0.0280. The van der Waals surface area contributed by atoms with Gasteiger partial charge in [-0.3, -0.25) is 4.79 Å². The molecule has 2 fully saturated rings. The van der Waals surface area contributed by atoms with Gasteiger partial charge in [0.2, 0.25) is 5.91 Å². The van der Waals surface area contributed by atoms with Crippen LogP contribution in [-0.2, 0) is 4.79 Å². The molecule has 104 valence electrons. The molecule has 1 aliphatic carbocycles. The van der Waals surface area contributed by atoms with Crippen LogP contribution >= 0.6 is 0 Å². The van der Waals surface area contributed by atoms with Crippen LogP contribution < -0.4 is 5.73 Å². The molecule has 0 bridgehead atoms. The van der Waals surface area contributed by atoms with Gasteiger partial charge >= 0.3 is 0 Å². The van der Waals surface area contributed by atoms with E-state index in [2.05, 4.69) is 6.92 Å². The van der Waals surface area contributed by atoms with Gasteiger partial charge in [0.05, 0.1) is 18.1 Å².